The average Bonchev–Trinajstić information content (AvgIpc) is 2.97. The van der Waals surface area contributed by atoms with Gasteiger partial charge in [0.25, 0.3) is 5.91 Å². The van der Waals surface area contributed by atoms with Crippen molar-refractivity contribution in [2.45, 2.75) is 17.2 Å². The van der Waals surface area contributed by atoms with Crippen molar-refractivity contribution in [3.63, 3.8) is 0 Å². The highest BCUT2D eigenvalue weighted by molar-refractivity contribution is 8.01. The van der Waals surface area contributed by atoms with Crippen LogP contribution in [-0.4, -0.2) is 35.8 Å². The van der Waals surface area contributed by atoms with E-state index in [2.05, 4.69) is 16.2 Å². The van der Waals surface area contributed by atoms with Gasteiger partial charge in [-0.05, 0) is 18.6 Å². The highest BCUT2D eigenvalue weighted by Crippen LogP contribution is 2.29. The van der Waals surface area contributed by atoms with Crippen molar-refractivity contribution in [2.75, 3.05) is 18.9 Å². The first kappa shape index (κ1) is 17.3. The second-order valence-corrected chi connectivity index (χ2v) is 6.91. The number of ether oxygens (including phenoxy) is 1. The lowest BCUT2D eigenvalue weighted by Crippen LogP contribution is -2.28. The molecule has 0 saturated heterocycles. The molecule has 0 spiro atoms. The zero-order valence-electron chi connectivity index (χ0n) is 12.4. The van der Waals surface area contributed by atoms with Crippen LogP contribution in [0, 0.1) is 12.3 Å². The molecule has 120 valence electrons. The molecule has 0 aliphatic heterocycles. The molecular formula is C16H16N2O3S2. The van der Waals surface area contributed by atoms with Crippen molar-refractivity contribution >= 4 is 45.2 Å². The van der Waals surface area contributed by atoms with Crippen LogP contribution >= 0.6 is 23.1 Å². The first-order valence-corrected chi connectivity index (χ1v) is 8.83. The molecule has 1 amide bonds. The molecule has 0 fully saturated rings. The lowest BCUT2D eigenvalue weighted by atomic mass is 10.3. The van der Waals surface area contributed by atoms with Gasteiger partial charge in [0.1, 0.15) is 0 Å². The number of fused-ring (bicyclic) bond motifs is 1. The summed E-state index contributed by atoms with van der Waals surface area (Å²) in [6, 6.07) is 7.98. The van der Waals surface area contributed by atoms with E-state index < -0.39 is 0 Å². The summed E-state index contributed by atoms with van der Waals surface area (Å²) in [4.78, 5) is 27.2. The number of esters is 1. The minimum atomic E-state index is -0.389. The number of aromatic nitrogens is 1. The molecule has 0 unspecified atom stereocenters. The Morgan fingerprint density at radius 3 is 3.00 bits per heavy atom. The zero-order chi connectivity index (χ0) is 16.5. The SMILES string of the molecule is C#CCNC(=O)COC(=O)CCCSc1nc2ccccc2s1. The van der Waals surface area contributed by atoms with Gasteiger partial charge in [0.2, 0.25) is 0 Å². The monoisotopic (exact) mass is 348 g/mol. The van der Waals surface area contributed by atoms with Crippen LogP contribution in [0.5, 0.6) is 0 Å². The van der Waals surface area contributed by atoms with Gasteiger partial charge in [-0.15, -0.1) is 17.8 Å². The normalized spacial score (nSPS) is 10.2. The Balaban J connectivity index is 1.62. The quantitative estimate of drug-likeness (QED) is 0.343. The fraction of sp³-hybridized carbons (Fsp3) is 0.312. The molecule has 5 nitrogen and oxygen atoms in total. The number of hydrogen-bond acceptors (Lipinski definition) is 6. The number of thioether (sulfide) groups is 1. The predicted molar refractivity (Wildman–Crippen MR) is 92.4 cm³/mol. The van der Waals surface area contributed by atoms with E-state index in [1.165, 1.54) is 0 Å². The Hall–Kier alpha value is -2.04. The third kappa shape index (κ3) is 5.93. The summed E-state index contributed by atoms with van der Waals surface area (Å²) in [6.45, 7) is -0.152. The number of thiazole rings is 1. The lowest BCUT2D eigenvalue weighted by Gasteiger charge is -2.04. The molecule has 2 rings (SSSR count). The number of carbonyl (C=O) groups is 2. The Morgan fingerprint density at radius 2 is 2.22 bits per heavy atom. The number of carbonyl (C=O) groups excluding carboxylic acids is 2. The van der Waals surface area contributed by atoms with Crippen LogP contribution in [0.4, 0.5) is 0 Å². The summed E-state index contributed by atoms with van der Waals surface area (Å²) in [5.41, 5.74) is 0.998. The first-order chi connectivity index (χ1) is 11.2. The highest BCUT2D eigenvalue weighted by Gasteiger charge is 2.08. The van der Waals surface area contributed by atoms with E-state index >= 15 is 0 Å². The summed E-state index contributed by atoms with van der Waals surface area (Å²) in [5, 5.41) is 2.43. The number of amides is 1. The summed E-state index contributed by atoms with van der Waals surface area (Å²) in [7, 11) is 0. The summed E-state index contributed by atoms with van der Waals surface area (Å²) in [5.74, 6) is 2.28. The maximum Gasteiger partial charge on any atom is 0.306 e. The molecule has 0 aliphatic carbocycles. The fourth-order valence-electron chi connectivity index (χ4n) is 1.71. The summed E-state index contributed by atoms with van der Waals surface area (Å²) >= 11 is 3.27. The van der Waals surface area contributed by atoms with Gasteiger partial charge in [-0.3, -0.25) is 9.59 Å². The van der Waals surface area contributed by atoms with Crippen molar-refractivity contribution in [1.29, 1.82) is 0 Å². The minimum Gasteiger partial charge on any atom is -0.456 e. The molecule has 2 aromatic rings. The van der Waals surface area contributed by atoms with Crippen molar-refractivity contribution in [2.24, 2.45) is 0 Å². The maximum atomic E-state index is 11.5. The second-order valence-electron chi connectivity index (χ2n) is 4.54. The number of benzene rings is 1. The average molecular weight is 348 g/mol. The molecule has 1 heterocycles. The molecule has 0 radical (unpaired) electrons. The predicted octanol–water partition coefficient (Wildman–Crippen LogP) is 2.46. The van der Waals surface area contributed by atoms with Crippen LogP contribution in [0.15, 0.2) is 28.6 Å². The third-order valence-corrected chi connectivity index (χ3v) is 5.04. The first-order valence-electron chi connectivity index (χ1n) is 7.03. The summed E-state index contributed by atoms with van der Waals surface area (Å²) in [6.07, 6.45) is 5.96. The van der Waals surface area contributed by atoms with Crippen LogP contribution < -0.4 is 5.32 Å². The number of para-hydroxylation sites is 1. The molecular weight excluding hydrogens is 332 g/mol. The number of nitrogens with zero attached hydrogens (tertiary/aromatic N) is 1. The Morgan fingerprint density at radius 1 is 1.39 bits per heavy atom. The van der Waals surface area contributed by atoms with Crippen LogP contribution in [0.25, 0.3) is 10.2 Å². The number of hydrogen-bond donors (Lipinski definition) is 1. The van der Waals surface area contributed by atoms with Crippen LogP contribution in [0.1, 0.15) is 12.8 Å². The molecule has 23 heavy (non-hydrogen) atoms. The van der Waals surface area contributed by atoms with E-state index in [9.17, 15) is 9.59 Å². The molecule has 0 saturated carbocycles. The van der Waals surface area contributed by atoms with Gasteiger partial charge in [-0.1, -0.05) is 29.8 Å². The van der Waals surface area contributed by atoms with Crippen molar-refractivity contribution in [3.8, 4) is 12.3 Å². The summed E-state index contributed by atoms with van der Waals surface area (Å²) < 4.78 is 7.01. The second kappa shape index (κ2) is 9.18. The lowest BCUT2D eigenvalue weighted by molar-refractivity contribution is -0.148. The largest absolute Gasteiger partial charge is 0.456 e. The van der Waals surface area contributed by atoms with Gasteiger partial charge in [0, 0.05) is 12.2 Å². The van der Waals surface area contributed by atoms with Gasteiger partial charge in [-0.25, -0.2) is 4.98 Å². The van der Waals surface area contributed by atoms with Gasteiger partial charge >= 0.3 is 5.97 Å². The number of terminal acetylenes is 1. The van der Waals surface area contributed by atoms with Gasteiger partial charge in [-0.2, -0.15) is 0 Å². The van der Waals surface area contributed by atoms with E-state index in [0.29, 0.717) is 6.42 Å². The highest BCUT2D eigenvalue weighted by atomic mass is 32.2. The van der Waals surface area contributed by atoms with Gasteiger partial charge in [0.05, 0.1) is 16.8 Å². The topological polar surface area (TPSA) is 68.3 Å². The molecule has 1 aromatic heterocycles. The molecule has 0 aliphatic rings. The Labute approximate surface area is 142 Å². The molecule has 0 bridgehead atoms. The van der Waals surface area contributed by atoms with E-state index in [0.717, 1.165) is 20.3 Å². The van der Waals surface area contributed by atoms with Crippen molar-refractivity contribution in [3.05, 3.63) is 24.3 Å². The van der Waals surface area contributed by atoms with Crippen LogP contribution in [0.2, 0.25) is 0 Å². The molecule has 7 heteroatoms. The standard InChI is InChI=1S/C16H16N2O3S2/c1-2-9-17-14(19)11-21-15(20)8-5-10-22-16-18-12-6-3-4-7-13(12)23-16/h1,3-4,6-7H,5,8-11H2,(H,17,19). The third-order valence-electron chi connectivity index (χ3n) is 2.78. The van der Waals surface area contributed by atoms with E-state index in [1.54, 1.807) is 23.1 Å². The molecule has 1 aromatic carbocycles. The maximum absolute atomic E-state index is 11.5. The number of rotatable bonds is 8. The van der Waals surface area contributed by atoms with E-state index in [4.69, 9.17) is 11.2 Å². The Kier molecular flexibility index (Phi) is 6.91. The van der Waals surface area contributed by atoms with Crippen molar-refractivity contribution in [1.82, 2.24) is 10.3 Å². The zero-order valence-corrected chi connectivity index (χ0v) is 14.0. The molecule has 0 atom stereocenters. The minimum absolute atomic E-state index is 0.134. The van der Waals surface area contributed by atoms with Gasteiger partial charge in [0.15, 0.2) is 10.9 Å². The number of nitrogens with one attached hydrogen (secondary N) is 1. The van der Waals surface area contributed by atoms with E-state index in [-0.39, 0.29) is 31.4 Å². The smallest absolute Gasteiger partial charge is 0.306 e. The van der Waals surface area contributed by atoms with Gasteiger partial charge < -0.3 is 10.1 Å². The Bertz CT molecular complexity index is 688. The fourth-order valence-corrected chi connectivity index (χ4v) is 3.79. The molecule has 1 N–H and O–H groups in total. The van der Waals surface area contributed by atoms with Crippen LogP contribution in [0.3, 0.4) is 0 Å². The van der Waals surface area contributed by atoms with E-state index in [1.807, 2.05) is 24.3 Å². The van der Waals surface area contributed by atoms with Crippen molar-refractivity contribution < 1.29 is 14.3 Å². The van der Waals surface area contributed by atoms with Crippen LogP contribution in [-0.2, 0) is 14.3 Å².